The van der Waals surface area contributed by atoms with E-state index in [1.165, 1.54) is 19.2 Å². The van der Waals surface area contributed by atoms with Gasteiger partial charge in [-0.25, -0.2) is 19.0 Å². The number of nitrogens with zero attached hydrogens (tertiary/aromatic N) is 2. The molecule has 0 aliphatic carbocycles. The molecule has 0 spiro atoms. The number of carbonyl (C=O) groups excluding carboxylic acids is 2. The number of halogens is 1. The Morgan fingerprint density at radius 1 is 1.13 bits per heavy atom. The molecule has 0 aliphatic rings. The van der Waals surface area contributed by atoms with Gasteiger partial charge in [0.25, 0.3) is 0 Å². The number of hydrogen-bond donors (Lipinski definition) is 1. The molecule has 0 aliphatic heterocycles. The lowest BCUT2D eigenvalue weighted by molar-refractivity contribution is 0.0504. The van der Waals surface area contributed by atoms with Crippen LogP contribution in [0.25, 0.3) is 16.7 Å². The molecular weight excluding hydrogens is 389 g/mol. The molecule has 0 saturated heterocycles. The van der Waals surface area contributed by atoms with Crippen LogP contribution in [0.5, 0.6) is 0 Å². The molecule has 1 N–H and O–H groups in total. The normalized spacial score (nSPS) is 12.5. The maximum Gasteiger partial charge on any atom is 0.408 e. The van der Waals surface area contributed by atoms with Gasteiger partial charge in [-0.05, 0) is 52.0 Å². The molecule has 0 radical (unpaired) electrons. The fraction of sp³-hybridized carbons (Fsp3) is 0.318. The van der Waals surface area contributed by atoms with Crippen LogP contribution in [0.15, 0.2) is 42.5 Å². The Hall–Kier alpha value is -3.42. The molecule has 0 fully saturated rings. The van der Waals surface area contributed by atoms with Crippen molar-refractivity contribution < 1.29 is 23.5 Å². The molecule has 3 aromatic rings. The van der Waals surface area contributed by atoms with Gasteiger partial charge in [-0.1, -0.05) is 18.2 Å². The number of carbonyl (C=O) groups is 2. The number of hydrogen-bond acceptors (Lipinski definition) is 5. The van der Waals surface area contributed by atoms with E-state index in [0.29, 0.717) is 17.0 Å². The summed E-state index contributed by atoms with van der Waals surface area (Å²) in [5, 5.41) is 2.75. The van der Waals surface area contributed by atoms with Gasteiger partial charge in [0.2, 0.25) is 0 Å². The molecular formula is C22H24FN3O4. The average Bonchev–Trinajstić information content (AvgIpc) is 3.06. The Balaban J connectivity index is 2.20. The molecule has 8 heteroatoms. The lowest BCUT2D eigenvalue weighted by atomic mass is 10.1. The molecule has 3 rings (SSSR count). The zero-order valence-corrected chi connectivity index (χ0v) is 17.5. The summed E-state index contributed by atoms with van der Waals surface area (Å²) in [5.41, 5.74) is 0.435. The summed E-state index contributed by atoms with van der Waals surface area (Å²) in [4.78, 5) is 29.2. The standard InChI is InChI=1S/C22H24FN3O4/c1-13(24-21(28)30-22(2,3)4)19-25-16-12-11-15(23)17(20(27)29-5)18(16)26(19)14-9-7-6-8-10-14/h6-13H,1-5H3,(H,24,28)/t13-/m0/s1. The number of alkyl carbamates (subject to hydrolysis) is 1. The van der Waals surface area contributed by atoms with Crippen LogP contribution in [0.1, 0.15) is 49.9 Å². The van der Waals surface area contributed by atoms with Crippen molar-refractivity contribution in [2.24, 2.45) is 0 Å². The van der Waals surface area contributed by atoms with Gasteiger partial charge in [0.1, 0.15) is 22.8 Å². The molecule has 1 atom stereocenters. The quantitative estimate of drug-likeness (QED) is 0.635. The first kappa shape index (κ1) is 21.3. The number of ether oxygens (including phenoxy) is 2. The third-order valence-corrected chi connectivity index (χ3v) is 4.32. The second-order valence-electron chi connectivity index (χ2n) is 7.79. The summed E-state index contributed by atoms with van der Waals surface area (Å²) in [7, 11) is 1.19. The Morgan fingerprint density at radius 3 is 2.40 bits per heavy atom. The average molecular weight is 413 g/mol. The number of aromatic nitrogens is 2. The first-order valence-corrected chi connectivity index (χ1v) is 9.46. The molecule has 1 heterocycles. The molecule has 158 valence electrons. The molecule has 30 heavy (non-hydrogen) atoms. The van der Waals surface area contributed by atoms with Crippen LogP contribution < -0.4 is 5.32 Å². The number of esters is 1. The number of imidazole rings is 1. The molecule has 1 aromatic heterocycles. The molecule has 0 unspecified atom stereocenters. The fourth-order valence-corrected chi connectivity index (χ4v) is 3.13. The van der Waals surface area contributed by atoms with Crippen LogP contribution in [0.3, 0.4) is 0 Å². The monoisotopic (exact) mass is 413 g/mol. The summed E-state index contributed by atoms with van der Waals surface area (Å²) >= 11 is 0. The maximum atomic E-state index is 14.6. The van der Waals surface area contributed by atoms with Crippen molar-refractivity contribution in [2.45, 2.75) is 39.3 Å². The minimum atomic E-state index is -0.811. The smallest absolute Gasteiger partial charge is 0.408 e. The predicted molar refractivity (Wildman–Crippen MR) is 110 cm³/mol. The largest absolute Gasteiger partial charge is 0.465 e. The van der Waals surface area contributed by atoms with Crippen LogP contribution in [-0.2, 0) is 9.47 Å². The van der Waals surface area contributed by atoms with E-state index in [9.17, 15) is 14.0 Å². The van der Waals surface area contributed by atoms with E-state index in [4.69, 9.17) is 9.47 Å². The molecule has 1 amide bonds. The number of nitrogens with one attached hydrogen (secondary N) is 1. The SMILES string of the molecule is COC(=O)c1c(F)ccc2nc([C@H](C)NC(=O)OC(C)(C)C)n(-c3ccccc3)c12. The Kier molecular flexibility index (Phi) is 5.78. The van der Waals surface area contributed by atoms with Crippen molar-refractivity contribution in [1.82, 2.24) is 14.9 Å². The third kappa shape index (κ3) is 4.27. The van der Waals surface area contributed by atoms with E-state index in [1.54, 1.807) is 44.4 Å². The zero-order chi connectivity index (χ0) is 22.1. The van der Waals surface area contributed by atoms with Crippen molar-refractivity contribution in [1.29, 1.82) is 0 Å². The first-order chi connectivity index (χ1) is 14.1. The molecule has 0 saturated carbocycles. The van der Waals surface area contributed by atoms with E-state index < -0.39 is 29.5 Å². The van der Waals surface area contributed by atoms with Gasteiger partial charge in [-0.2, -0.15) is 0 Å². The van der Waals surface area contributed by atoms with Crippen molar-refractivity contribution in [3.63, 3.8) is 0 Å². The highest BCUT2D eigenvalue weighted by Crippen LogP contribution is 2.30. The van der Waals surface area contributed by atoms with Gasteiger partial charge in [0, 0.05) is 5.69 Å². The highest BCUT2D eigenvalue weighted by Gasteiger charge is 2.27. The highest BCUT2D eigenvalue weighted by molar-refractivity contribution is 6.03. The lowest BCUT2D eigenvalue weighted by Gasteiger charge is -2.22. The Bertz CT molecular complexity index is 1090. The summed E-state index contributed by atoms with van der Waals surface area (Å²) in [6.07, 6.45) is -0.610. The van der Waals surface area contributed by atoms with Crippen molar-refractivity contribution in [3.05, 3.63) is 59.7 Å². The van der Waals surface area contributed by atoms with E-state index in [1.807, 2.05) is 18.2 Å². The third-order valence-electron chi connectivity index (χ3n) is 4.32. The topological polar surface area (TPSA) is 82.4 Å². The fourth-order valence-electron chi connectivity index (χ4n) is 3.13. The van der Waals surface area contributed by atoms with Gasteiger partial charge < -0.3 is 14.8 Å². The predicted octanol–water partition coefficient (Wildman–Crippen LogP) is 4.54. The number of amides is 1. The van der Waals surface area contributed by atoms with E-state index in [-0.39, 0.29) is 11.1 Å². The second kappa shape index (κ2) is 8.14. The molecule has 2 aromatic carbocycles. The lowest BCUT2D eigenvalue weighted by Crippen LogP contribution is -2.34. The first-order valence-electron chi connectivity index (χ1n) is 9.46. The van der Waals surface area contributed by atoms with Gasteiger partial charge in [0.05, 0.1) is 24.2 Å². The Morgan fingerprint density at radius 2 is 1.80 bits per heavy atom. The number of fused-ring (bicyclic) bond motifs is 1. The second-order valence-corrected chi connectivity index (χ2v) is 7.79. The summed E-state index contributed by atoms with van der Waals surface area (Å²) in [5.74, 6) is -1.11. The Labute approximate surface area is 173 Å². The van der Waals surface area contributed by atoms with Crippen molar-refractivity contribution >= 4 is 23.1 Å². The number of benzene rings is 2. The minimum Gasteiger partial charge on any atom is -0.465 e. The summed E-state index contributed by atoms with van der Waals surface area (Å²) in [6, 6.07) is 11.1. The minimum absolute atomic E-state index is 0.220. The van der Waals surface area contributed by atoms with E-state index in [0.717, 1.165) is 0 Å². The van der Waals surface area contributed by atoms with Gasteiger partial charge in [-0.15, -0.1) is 0 Å². The van der Waals surface area contributed by atoms with Gasteiger partial charge >= 0.3 is 12.1 Å². The summed E-state index contributed by atoms with van der Waals surface area (Å²) < 4.78 is 26.4. The number of para-hydroxylation sites is 1. The van der Waals surface area contributed by atoms with Crippen LogP contribution in [0, 0.1) is 5.82 Å². The maximum absolute atomic E-state index is 14.6. The number of methoxy groups -OCH3 is 1. The summed E-state index contributed by atoms with van der Waals surface area (Å²) in [6.45, 7) is 7.03. The van der Waals surface area contributed by atoms with Gasteiger partial charge in [0.15, 0.2) is 0 Å². The van der Waals surface area contributed by atoms with Crippen LogP contribution in [0.4, 0.5) is 9.18 Å². The molecule has 7 nitrogen and oxygen atoms in total. The van der Waals surface area contributed by atoms with Crippen LogP contribution in [-0.4, -0.2) is 34.3 Å². The zero-order valence-electron chi connectivity index (χ0n) is 17.5. The van der Waals surface area contributed by atoms with E-state index >= 15 is 0 Å². The van der Waals surface area contributed by atoms with E-state index in [2.05, 4.69) is 10.3 Å². The van der Waals surface area contributed by atoms with Crippen LogP contribution >= 0.6 is 0 Å². The van der Waals surface area contributed by atoms with Crippen molar-refractivity contribution in [2.75, 3.05) is 7.11 Å². The highest BCUT2D eigenvalue weighted by atomic mass is 19.1. The van der Waals surface area contributed by atoms with Gasteiger partial charge in [-0.3, -0.25) is 4.57 Å². The van der Waals surface area contributed by atoms with Crippen LogP contribution in [0.2, 0.25) is 0 Å². The molecule has 0 bridgehead atoms. The van der Waals surface area contributed by atoms with Crippen molar-refractivity contribution in [3.8, 4) is 5.69 Å². The number of rotatable bonds is 4.